The van der Waals surface area contributed by atoms with E-state index < -0.39 is 12.1 Å². The summed E-state index contributed by atoms with van der Waals surface area (Å²) in [5, 5.41) is 18.2. The Labute approximate surface area is 189 Å². The van der Waals surface area contributed by atoms with Gasteiger partial charge in [-0.05, 0) is 35.9 Å². The van der Waals surface area contributed by atoms with Crippen molar-refractivity contribution in [3.05, 3.63) is 79.8 Å². The van der Waals surface area contributed by atoms with Gasteiger partial charge in [0.25, 0.3) is 0 Å². The number of anilines is 2. The van der Waals surface area contributed by atoms with Crippen molar-refractivity contribution in [3.8, 4) is 16.8 Å². The van der Waals surface area contributed by atoms with E-state index >= 15 is 0 Å². The van der Waals surface area contributed by atoms with Gasteiger partial charge >= 0.3 is 12.1 Å². The van der Waals surface area contributed by atoms with E-state index in [2.05, 4.69) is 30.5 Å². The summed E-state index contributed by atoms with van der Waals surface area (Å²) in [6, 6.07) is 14.1. The van der Waals surface area contributed by atoms with Crippen molar-refractivity contribution >= 4 is 28.5 Å². The number of carbonyl (C=O) groups is 1. The van der Waals surface area contributed by atoms with Gasteiger partial charge in [-0.15, -0.1) is 0 Å². The summed E-state index contributed by atoms with van der Waals surface area (Å²) in [5.74, 6) is -2.20. The zero-order valence-electron chi connectivity index (χ0n) is 17.2. The summed E-state index contributed by atoms with van der Waals surface area (Å²) in [5.41, 5.74) is 4.93. The summed E-state index contributed by atoms with van der Waals surface area (Å²) in [6.45, 7) is 0. The molecule has 0 aliphatic rings. The third-order valence-electron chi connectivity index (χ3n) is 4.58. The molecule has 0 bridgehead atoms. The van der Waals surface area contributed by atoms with Gasteiger partial charge in [-0.1, -0.05) is 12.1 Å². The molecule has 0 spiro atoms. The van der Waals surface area contributed by atoms with Crippen LogP contribution in [0, 0.1) is 0 Å². The Morgan fingerprint density at radius 2 is 1.82 bits per heavy atom. The summed E-state index contributed by atoms with van der Waals surface area (Å²) >= 11 is 0. The first-order valence-electron chi connectivity index (χ1n) is 9.71. The third kappa shape index (κ3) is 5.35. The molecule has 3 aromatic heterocycles. The second-order valence-electron chi connectivity index (χ2n) is 6.90. The first-order chi connectivity index (χ1) is 16.3. The van der Waals surface area contributed by atoms with Crippen LogP contribution in [0.25, 0.3) is 27.7 Å². The molecule has 0 saturated carbocycles. The van der Waals surface area contributed by atoms with Crippen LogP contribution < -0.4 is 5.32 Å². The average Bonchev–Trinajstić information content (AvgIpc) is 3.54. The van der Waals surface area contributed by atoms with Crippen LogP contribution in [0.2, 0.25) is 0 Å². The summed E-state index contributed by atoms with van der Waals surface area (Å²) in [6.07, 6.45) is 5.84. The third-order valence-corrected chi connectivity index (χ3v) is 4.58. The number of fused-ring (bicyclic) bond motifs is 1. The van der Waals surface area contributed by atoms with Gasteiger partial charge in [0.05, 0.1) is 18.0 Å². The number of aliphatic carboxylic acids is 1. The molecular formula is C22H16F3N7O2. The van der Waals surface area contributed by atoms with Crippen LogP contribution in [0.3, 0.4) is 0 Å². The van der Waals surface area contributed by atoms with Crippen LogP contribution in [-0.4, -0.2) is 47.0 Å². The summed E-state index contributed by atoms with van der Waals surface area (Å²) in [7, 11) is 0. The number of nitrogens with zero attached hydrogens (tertiary/aromatic N) is 5. The molecule has 12 heteroatoms. The second-order valence-corrected chi connectivity index (χ2v) is 6.90. The quantitative estimate of drug-likeness (QED) is 0.354. The maximum Gasteiger partial charge on any atom is 0.490 e. The fraction of sp³-hybridized carbons (Fsp3) is 0.0455. The lowest BCUT2D eigenvalue weighted by atomic mass is 10.1. The number of rotatable bonds is 4. The van der Waals surface area contributed by atoms with Crippen molar-refractivity contribution < 1.29 is 23.1 Å². The van der Waals surface area contributed by atoms with Gasteiger partial charge in [-0.2, -0.15) is 18.3 Å². The molecule has 3 heterocycles. The van der Waals surface area contributed by atoms with Gasteiger partial charge in [0.15, 0.2) is 0 Å². The Hall–Kier alpha value is -4.74. The predicted octanol–water partition coefficient (Wildman–Crippen LogP) is 4.58. The molecule has 0 fully saturated rings. The minimum Gasteiger partial charge on any atom is -0.475 e. The van der Waals surface area contributed by atoms with Gasteiger partial charge in [0, 0.05) is 47.1 Å². The number of nitrogens with one attached hydrogen (secondary N) is 2. The minimum absolute atomic E-state index is 0.558. The van der Waals surface area contributed by atoms with E-state index in [9.17, 15) is 13.2 Å². The highest BCUT2D eigenvalue weighted by Gasteiger charge is 2.38. The van der Waals surface area contributed by atoms with Gasteiger partial charge in [0.1, 0.15) is 0 Å². The van der Waals surface area contributed by atoms with E-state index in [0.717, 1.165) is 33.4 Å². The maximum absolute atomic E-state index is 10.6. The largest absolute Gasteiger partial charge is 0.490 e. The van der Waals surface area contributed by atoms with E-state index in [0.29, 0.717) is 5.95 Å². The number of alkyl halides is 3. The topological polar surface area (TPSA) is 122 Å². The molecule has 0 aliphatic heterocycles. The molecule has 0 amide bonds. The number of H-pyrrole nitrogens is 1. The smallest absolute Gasteiger partial charge is 0.475 e. The molecule has 0 aliphatic carbocycles. The molecule has 0 radical (unpaired) electrons. The van der Waals surface area contributed by atoms with E-state index in [1.54, 1.807) is 18.7 Å². The molecule has 9 nitrogen and oxygen atoms in total. The lowest BCUT2D eigenvalue weighted by molar-refractivity contribution is -0.192. The van der Waals surface area contributed by atoms with Gasteiger partial charge in [-0.25, -0.2) is 19.7 Å². The molecule has 172 valence electrons. The van der Waals surface area contributed by atoms with Crippen LogP contribution in [0.15, 0.2) is 79.8 Å². The number of carboxylic acid groups (broad SMARTS) is 1. The lowest BCUT2D eigenvalue weighted by Crippen LogP contribution is -2.21. The van der Waals surface area contributed by atoms with Gasteiger partial charge in [0.2, 0.25) is 5.95 Å². The lowest BCUT2D eigenvalue weighted by Gasteiger charge is -2.08. The second kappa shape index (κ2) is 9.40. The van der Waals surface area contributed by atoms with E-state index in [1.807, 2.05) is 65.6 Å². The van der Waals surface area contributed by atoms with Crippen molar-refractivity contribution in [3.63, 3.8) is 0 Å². The van der Waals surface area contributed by atoms with Crippen molar-refractivity contribution in [1.82, 2.24) is 29.7 Å². The number of imidazole rings is 1. The molecule has 0 unspecified atom stereocenters. The molecule has 5 rings (SSSR count). The van der Waals surface area contributed by atoms with Crippen molar-refractivity contribution in [2.45, 2.75) is 6.18 Å². The highest BCUT2D eigenvalue weighted by Crippen LogP contribution is 2.24. The molecule has 3 N–H and O–H groups in total. The zero-order chi connectivity index (χ0) is 24.1. The molecule has 34 heavy (non-hydrogen) atoms. The number of hydrogen-bond donors (Lipinski definition) is 3. The van der Waals surface area contributed by atoms with Crippen LogP contribution in [0.4, 0.5) is 24.8 Å². The minimum atomic E-state index is -5.08. The normalized spacial score (nSPS) is 11.0. The van der Waals surface area contributed by atoms with Crippen molar-refractivity contribution in [2.75, 3.05) is 5.32 Å². The first-order valence-corrected chi connectivity index (χ1v) is 9.71. The fourth-order valence-electron chi connectivity index (χ4n) is 2.93. The van der Waals surface area contributed by atoms with E-state index in [4.69, 9.17) is 9.90 Å². The van der Waals surface area contributed by atoms with Crippen LogP contribution in [-0.2, 0) is 4.79 Å². The number of hydrogen-bond acceptors (Lipinski definition) is 6. The molecular weight excluding hydrogens is 451 g/mol. The van der Waals surface area contributed by atoms with Crippen LogP contribution in [0.1, 0.15) is 0 Å². The number of aromatic amines is 1. The van der Waals surface area contributed by atoms with E-state index in [-0.39, 0.29) is 0 Å². The maximum atomic E-state index is 10.6. The Morgan fingerprint density at radius 1 is 1.06 bits per heavy atom. The summed E-state index contributed by atoms with van der Waals surface area (Å²) < 4.78 is 33.7. The molecule has 2 aromatic carbocycles. The Kier molecular flexibility index (Phi) is 6.21. The Bertz CT molecular complexity index is 1380. The Balaban J connectivity index is 0.000000344. The van der Waals surface area contributed by atoms with E-state index in [1.165, 1.54) is 0 Å². The average molecular weight is 467 g/mol. The van der Waals surface area contributed by atoms with Gasteiger partial charge < -0.3 is 15.0 Å². The number of halogens is 3. The number of carboxylic acids is 1. The fourth-order valence-corrected chi connectivity index (χ4v) is 2.93. The predicted molar refractivity (Wildman–Crippen MR) is 118 cm³/mol. The standard InChI is InChI=1S/C20H15N7.C2HF3O2/c1-2-15-10-22-20(26-19(15)9-14(1)16-11-23-24-12-16)25-17-3-5-18(6-4-17)27-8-7-21-13-27;3-2(4,5)1(6)7/h1-13H,(H,23,24)(H,22,25,26);(H,6,7). The Morgan fingerprint density at radius 3 is 2.44 bits per heavy atom. The van der Waals surface area contributed by atoms with Crippen molar-refractivity contribution in [1.29, 1.82) is 0 Å². The zero-order valence-corrected chi connectivity index (χ0v) is 17.2. The highest BCUT2D eigenvalue weighted by molar-refractivity contribution is 5.84. The number of aromatic nitrogens is 6. The summed E-state index contributed by atoms with van der Waals surface area (Å²) in [4.78, 5) is 22.0. The number of benzene rings is 2. The highest BCUT2D eigenvalue weighted by atomic mass is 19.4. The SMILES string of the molecule is O=C(O)C(F)(F)F.c1cn(-c2ccc(Nc3ncc4ccc(-c5cn[nH]c5)cc4n3)cc2)cn1. The van der Waals surface area contributed by atoms with Crippen molar-refractivity contribution in [2.24, 2.45) is 0 Å². The molecule has 0 atom stereocenters. The molecule has 5 aromatic rings. The monoisotopic (exact) mass is 467 g/mol. The van der Waals surface area contributed by atoms with Gasteiger partial charge in [-0.3, -0.25) is 5.10 Å². The van der Waals surface area contributed by atoms with Crippen LogP contribution >= 0.6 is 0 Å². The van der Waals surface area contributed by atoms with Crippen LogP contribution in [0.5, 0.6) is 0 Å². The first kappa shape index (κ1) is 22.5. The molecule has 0 saturated heterocycles.